The van der Waals surface area contributed by atoms with Crippen molar-refractivity contribution in [2.75, 3.05) is 0 Å². The van der Waals surface area contributed by atoms with E-state index < -0.39 is 35.5 Å². The summed E-state index contributed by atoms with van der Waals surface area (Å²) in [6.45, 7) is 5.84. The van der Waals surface area contributed by atoms with Gasteiger partial charge in [0.1, 0.15) is 6.21 Å². The number of carbonyl (C=O) groups is 6. The van der Waals surface area contributed by atoms with Gasteiger partial charge in [0.25, 0.3) is 5.82 Å². The normalized spacial score (nSPS) is 11.2. The highest BCUT2D eigenvalue weighted by Gasteiger charge is 2.11. The maximum absolute atomic E-state index is 11.3. The Bertz CT molecular complexity index is 2230. The second-order valence-corrected chi connectivity index (χ2v) is 10.8. The first kappa shape index (κ1) is 43.7. The molecule has 0 radical (unpaired) electrons. The van der Waals surface area contributed by atoms with Crippen LogP contribution in [0.15, 0.2) is 69.9 Å². The van der Waals surface area contributed by atoms with E-state index in [9.17, 15) is 33.9 Å². The summed E-state index contributed by atoms with van der Waals surface area (Å²) < 4.78 is 0. The van der Waals surface area contributed by atoms with Crippen LogP contribution in [-0.2, 0) is 9.59 Å². The molecule has 2 aromatic carbocycles. The molecule has 24 heteroatoms. The summed E-state index contributed by atoms with van der Waals surface area (Å²) in [4.78, 5) is 70.6. The average Bonchev–Trinajstić information content (AvgIpc) is 3.20. The highest BCUT2D eigenvalue weighted by atomic mass is 16.4. The number of allylic oxidation sites excluding steroid dienone is 2. The molecule has 5 aromatic rings. The number of aliphatic imine (C=N–C) groups is 2. The van der Waals surface area contributed by atoms with Gasteiger partial charge in [-0.25, -0.2) is 14.4 Å². The van der Waals surface area contributed by atoms with Gasteiger partial charge in [-0.2, -0.15) is 0 Å². The summed E-state index contributed by atoms with van der Waals surface area (Å²) >= 11 is 0. The second kappa shape index (κ2) is 21.3. The molecule has 0 unspecified atom stereocenters. The summed E-state index contributed by atoms with van der Waals surface area (Å²) in [7, 11) is 0. The van der Waals surface area contributed by atoms with Gasteiger partial charge in [0.2, 0.25) is 23.3 Å². The van der Waals surface area contributed by atoms with Crippen LogP contribution in [0.1, 0.15) is 81.3 Å². The Morgan fingerprint density at radius 1 is 0.500 bits per heavy atom. The van der Waals surface area contributed by atoms with Gasteiger partial charge in [-0.05, 0) is 32.9 Å². The predicted molar refractivity (Wildman–Crippen MR) is 195 cm³/mol. The number of carbonyl (C=O) groups excluding carboxylic acids is 3. The number of nitrogens with zero attached hydrogens (tertiary/aromatic N) is 14. The van der Waals surface area contributed by atoms with Crippen molar-refractivity contribution >= 4 is 60.0 Å². The zero-order valence-electron chi connectivity index (χ0n) is 30.4. The van der Waals surface area contributed by atoms with Crippen molar-refractivity contribution in [1.82, 2.24) is 61.2 Å². The van der Waals surface area contributed by atoms with Crippen LogP contribution in [0.3, 0.4) is 0 Å². The molecule has 0 saturated carbocycles. The third-order valence-corrected chi connectivity index (χ3v) is 6.34. The molecule has 0 amide bonds. The van der Waals surface area contributed by atoms with Crippen LogP contribution in [0, 0.1) is 0 Å². The predicted octanol–water partition coefficient (Wildman–Crippen LogP) is 0.633. The number of carboxylic acids is 4. The van der Waals surface area contributed by atoms with Gasteiger partial charge in [0, 0.05) is 53.4 Å². The van der Waals surface area contributed by atoms with E-state index in [1.54, 1.807) is 50.2 Å². The largest absolute Gasteiger partial charge is 0.544 e. The Kier molecular flexibility index (Phi) is 16.0. The number of hydrogen-bond donors (Lipinski definition) is 3. The number of aromatic carboxylic acids is 2. The number of ketones is 2. The summed E-state index contributed by atoms with van der Waals surface area (Å²) in [6, 6.07) is 13.0. The monoisotopic (exact) mass is 791 g/mol. The number of aliphatic carboxylic acids is 2. The standard InChI is InChI=1S/C17H12N4O3.C12H12N6O4.C5H4N4O3/c1-10(22)11-2-4-12(5-3-11)15-18-20-16(21-19-15)13-6-8-14(9-7-13)17(23)24;1-7(13-5-11(19)20)3-9-15-17-10(18-16-9)4-8(2)14-6-12(21)22;1-2(10)3-6-8-4(5(11)12)9-7-3/h2-9H,1H3,(H,23,24);3-6H,1-2H3,(H,19,20)(H,21,22);1H3,(H,11,12)/p-1/b;7-3+,8-4+,13-5?,14-6?;. The SMILES string of the molecule is C/C(=C\c1nnc(/C=C(\C)N=CC(=O)O)nn1)N=CC(=O)[O-].CC(=O)c1ccc(-c2nnc(-c3ccc(C(=O)O)cc3)nn2)cc1.CC(=O)c1nnc(C(=O)O)nn1. The molecule has 294 valence electrons. The van der Waals surface area contributed by atoms with Crippen LogP contribution in [0.25, 0.3) is 34.9 Å². The van der Waals surface area contributed by atoms with Crippen molar-refractivity contribution in [2.45, 2.75) is 27.7 Å². The Hall–Kier alpha value is -8.70. The van der Waals surface area contributed by atoms with Crippen molar-refractivity contribution in [3.05, 3.63) is 94.3 Å². The minimum absolute atomic E-state index is 0.0149. The van der Waals surface area contributed by atoms with Gasteiger partial charge in [-0.15, -0.1) is 61.2 Å². The van der Waals surface area contributed by atoms with E-state index in [4.69, 9.17) is 15.3 Å². The lowest BCUT2D eigenvalue weighted by Gasteiger charge is -2.02. The van der Waals surface area contributed by atoms with Crippen molar-refractivity contribution in [3.63, 3.8) is 0 Å². The minimum atomic E-state index is -1.41. The molecular formula is C34H27N14O10-. The minimum Gasteiger partial charge on any atom is -0.544 e. The quantitative estimate of drug-likeness (QED) is 0.115. The van der Waals surface area contributed by atoms with Crippen molar-refractivity contribution < 1.29 is 49.2 Å². The molecule has 3 heterocycles. The Balaban J connectivity index is 0.000000246. The molecule has 0 spiro atoms. The van der Waals surface area contributed by atoms with Gasteiger partial charge in [-0.1, -0.05) is 36.4 Å². The third-order valence-electron chi connectivity index (χ3n) is 6.34. The van der Waals surface area contributed by atoms with Gasteiger partial charge in [0.05, 0.1) is 11.5 Å². The van der Waals surface area contributed by atoms with Gasteiger partial charge < -0.3 is 25.2 Å². The van der Waals surface area contributed by atoms with Crippen LogP contribution >= 0.6 is 0 Å². The number of carboxylic acid groups (broad SMARTS) is 4. The molecule has 24 nitrogen and oxygen atoms in total. The van der Waals surface area contributed by atoms with Crippen LogP contribution in [-0.4, -0.2) is 124 Å². The van der Waals surface area contributed by atoms with E-state index in [-0.39, 0.29) is 28.8 Å². The van der Waals surface area contributed by atoms with Crippen molar-refractivity contribution in [2.24, 2.45) is 9.98 Å². The Morgan fingerprint density at radius 3 is 1.24 bits per heavy atom. The summed E-state index contributed by atoms with van der Waals surface area (Å²) in [6.07, 6.45) is 4.15. The smallest absolute Gasteiger partial charge is 0.377 e. The topological polar surface area (TPSA) is 366 Å². The molecule has 0 atom stereocenters. The molecule has 3 N–H and O–H groups in total. The first-order chi connectivity index (χ1) is 27.5. The zero-order valence-corrected chi connectivity index (χ0v) is 30.4. The van der Waals surface area contributed by atoms with Crippen LogP contribution in [0.4, 0.5) is 0 Å². The number of rotatable bonds is 12. The van der Waals surface area contributed by atoms with Crippen LogP contribution in [0.2, 0.25) is 0 Å². The lowest BCUT2D eigenvalue weighted by atomic mass is 10.1. The van der Waals surface area contributed by atoms with Crippen LogP contribution in [0.5, 0.6) is 0 Å². The number of hydrogen-bond acceptors (Lipinski definition) is 21. The van der Waals surface area contributed by atoms with Gasteiger partial charge in [0.15, 0.2) is 17.4 Å². The number of aromatic nitrogens is 12. The fraction of sp³-hybridized carbons (Fsp3) is 0.118. The first-order valence-electron chi connectivity index (χ1n) is 15.8. The van der Waals surface area contributed by atoms with E-state index >= 15 is 0 Å². The maximum Gasteiger partial charge on any atom is 0.377 e. The van der Waals surface area contributed by atoms with Crippen LogP contribution < -0.4 is 5.11 Å². The molecule has 0 aliphatic carbocycles. The number of benzene rings is 2. The molecule has 0 bridgehead atoms. The number of Topliss-reactive ketones (excluding diaryl/α,β-unsaturated/α-hetero) is 2. The molecule has 58 heavy (non-hydrogen) atoms. The average molecular weight is 792 g/mol. The Morgan fingerprint density at radius 2 is 0.897 bits per heavy atom. The van der Waals surface area contributed by atoms with E-state index in [0.29, 0.717) is 45.9 Å². The lowest BCUT2D eigenvalue weighted by Crippen LogP contribution is -2.23. The lowest BCUT2D eigenvalue weighted by molar-refractivity contribution is -0.293. The fourth-order valence-corrected chi connectivity index (χ4v) is 3.65. The van der Waals surface area contributed by atoms with Gasteiger partial charge in [-0.3, -0.25) is 19.6 Å². The third kappa shape index (κ3) is 14.6. The van der Waals surface area contributed by atoms with Crippen molar-refractivity contribution in [1.29, 1.82) is 0 Å². The molecule has 0 aliphatic rings. The van der Waals surface area contributed by atoms with E-state index in [1.807, 2.05) is 0 Å². The highest BCUT2D eigenvalue weighted by molar-refractivity contribution is 6.22. The van der Waals surface area contributed by atoms with Crippen molar-refractivity contribution in [3.8, 4) is 22.8 Å². The van der Waals surface area contributed by atoms with E-state index in [2.05, 4.69) is 71.2 Å². The summed E-state index contributed by atoms with van der Waals surface area (Å²) in [5.41, 5.74) is 2.81. The summed E-state index contributed by atoms with van der Waals surface area (Å²) in [5, 5.41) is 79.7. The van der Waals surface area contributed by atoms with E-state index in [1.165, 1.54) is 38.1 Å². The molecular weight excluding hydrogens is 764 g/mol. The van der Waals surface area contributed by atoms with E-state index in [0.717, 1.165) is 6.21 Å². The molecule has 0 fully saturated rings. The molecule has 5 rings (SSSR count). The summed E-state index contributed by atoms with van der Waals surface area (Å²) in [5.74, 6) is -5.13. The Labute approximate surface area is 325 Å². The highest BCUT2D eigenvalue weighted by Crippen LogP contribution is 2.18. The van der Waals surface area contributed by atoms with Gasteiger partial charge >= 0.3 is 17.9 Å². The molecule has 0 aliphatic heterocycles. The molecule has 3 aromatic heterocycles. The maximum atomic E-state index is 11.3. The molecule has 0 saturated heterocycles. The second-order valence-electron chi connectivity index (χ2n) is 10.8. The fourth-order valence-electron chi connectivity index (χ4n) is 3.65. The first-order valence-corrected chi connectivity index (χ1v) is 15.8. The zero-order chi connectivity index (χ0) is 42.8.